The van der Waals surface area contributed by atoms with Crippen molar-refractivity contribution in [3.8, 4) is 0 Å². The van der Waals surface area contributed by atoms with Crippen molar-refractivity contribution < 1.29 is 4.79 Å². The molecule has 0 bridgehead atoms. The maximum Gasteiger partial charge on any atom is 0.238 e. The Bertz CT molecular complexity index is 464. The molecule has 0 aromatic heterocycles. The van der Waals surface area contributed by atoms with Gasteiger partial charge in [0.1, 0.15) is 0 Å². The van der Waals surface area contributed by atoms with Gasteiger partial charge in [-0.05, 0) is 61.0 Å². The molecule has 2 rings (SSSR count). The summed E-state index contributed by atoms with van der Waals surface area (Å²) < 4.78 is 1.06. The molecule has 3 N–H and O–H groups in total. The molecule has 110 valence electrons. The zero-order chi connectivity index (χ0) is 14.5. The third-order valence-electron chi connectivity index (χ3n) is 3.77. The van der Waals surface area contributed by atoms with Gasteiger partial charge in [0.25, 0.3) is 0 Å². The monoisotopic (exact) mass is 387 g/mol. The van der Waals surface area contributed by atoms with Crippen LogP contribution in [0.25, 0.3) is 0 Å². The van der Waals surface area contributed by atoms with Crippen LogP contribution in [0.3, 0.4) is 0 Å². The maximum atomic E-state index is 12.2. The number of hydrogen-bond donors (Lipinski definition) is 2. The minimum atomic E-state index is 0.0432. The number of anilines is 1. The standard InChI is InChI=1S/C15H22IN3O/c1-11(17)14-8-4-5-9-19(14)10-15(20)18-13-7-3-2-6-12(13)16/h2-3,6-7,11,14H,4-5,8-10,17H2,1H3,(H,18,20). The summed E-state index contributed by atoms with van der Waals surface area (Å²) in [5, 5.41) is 2.99. The van der Waals surface area contributed by atoms with Crippen molar-refractivity contribution in [2.24, 2.45) is 5.73 Å². The number of carbonyl (C=O) groups excluding carboxylic acids is 1. The van der Waals surface area contributed by atoms with Crippen LogP contribution in [0.1, 0.15) is 26.2 Å². The predicted octanol–water partition coefficient (Wildman–Crippen LogP) is 2.43. The first kappa shape index (κ1) is 15.7. The Balaban J connectivity index is 1.95. The van der Waals surface area contributed by atoms with Gasteiger partial charge < -0.3 is 11.1 Å². The Hall–Kier alpha value is -0.660. The van der Waals surface area contributed by atoms with E-state index in [-0.39, 0.29) is 11.9 Å². The van der Waals surface area contributed by atoms with Crippen LogP contribution in [0, 0.1) is 3.57 Å². The van der Waals surface area contributed by atoms with Gasteiger partial charge in [-0.1, -0.05) is 18.6 Å². The average Bonchev–Trinajstić information content (AvgIpc) is 2.41. The van der Waals surface area contributed by atoms with Gasteiger partial charge in [0.15, 0.2) is 0 Å². The van der Waals surface area contributed by atoms with E-state index in [4.69, 9.17) is 5.73 Å². The zero-order valence-corrected chi connectivity index (χ0v) is 14.0. The SMILES string of the molecule is CC(N)C1CCCCN1CC(=O)Nc1ccccc1I. The first-order valence-electron chi connectivity index (χ1n) is 7.12. The minimum absolute atomic E-state index is 0.0432. The highest BCUT2D eigenvalue weighted by Crippen LogP contribution is 2.20. The van der Waals surface area contributed by atoms with Crippen molar-refractivity contribution in [1.82, 2.24) is 4.90 Å². The summed E-state index contributed by atoms with van der Waals surface area (Å²) in [5.74, 6) is 0.0432. The molecule has 0 spiro atoms. The number of piperidine rings is 1. The molecule has 2 unspecified atom stereocenters. The van der Waals surface area contributed by atoms with E-state index in [1.807, 2.05) is 31.2 Å². The van der Waals surface area contributed by atoms with Crippen molar-refractivity contribution in [3.63, 3.8) is 0 Å². The summed E-state index contributed by atoms with van der Waals surface area (Å²) in [7, 11) is 0. The molecule has 1 aromatic carbocycles. The molecule has 20 heavy (non-hydrogen) atoms. The predicted molar refractivity (Wildman–Crippen MR) is 90.7 cm³/mol. The van der Waals surface area contributed by atoms with Crippen LogP contribution >= 0.6 is 22.6 Å². The lowest BCUT2D eigenvalue weighted by Crippen LogP contribution is -2.51. The summed E-state index contributed by atoms with van der Waals surface area (Å²) in [5.41, 5.74) is 6.92. The Morgan fingerprint density at radius 2 is 2.25 bits per heavy atom. The van der Waals surface area contributed by atoms with Crippen molar-refractivity contribution in [1.29, 1.82) is 0 Å². The fourth-order valence-electron chi connectivity index (χ4n) is 2.75. The van der Waals surface area contributed by atoms with Crippen LogP contribution in [0.2, 0.25) is 0 Å². The van der Waals surface area contributed by atoms with Crippen molar-refractivity contribution >= 4 is 34.2 Å². The summed E-state index contributed by atoms with van der Waals surface area (Å²) in [6.07, 6.45) is 3.45. The van der Waals surface area contributed by atoms with Crippen LogP contribution in [0.5, 0.6) is 0 Å². The molecule has 1 aliphatic heterocycles. The zero-order valence-electron chi connectivity index (χ0n) is 11.8. The Kier molecular flexibility index (Phi) is 5.80. The largest absolute Gasteiger partial charge is 0.327 e. The normalized spacial score (nSPS) is 21.4. The van der Waals surface area contributed by atoms with Crippen LogP contribution in [-0.2, 0) is 4.79 Å². The maximum absolute atomic E-state index is 12.2. The van der Waals surface area contributed by atoms with Crippen molar-refractivity contribution in [2.45, 2.75) is 38.3 Å². The van der Waals surface area contributed by atoms with E-state index in [2.05, 4.69) is 32.8 Å². The van der Waals surface area contributed by atoms with E-state index in [1.165, 1.54) is 6.42 Å². The molecular weight excluding hydrogens is 365 g/mol. The number of amides is 1. The highest BCUT2D eigenvalue weighted by Gasteiger charge is 2.26. The molecule has 0 aliphatic carbocycles. The quantitative estimate of drug-likeness (QED) is 0.781. The minimum Gasteiger partial charge on any atom is -0.327 e. The lowest BCUT2D eigenvalue weighted by atomic mass is 9.97. The molecule has 0 radical (unpaired) electrons. The van der Waals surface area contributed by atoms with Crippen LogP contribution in [0.4, 0.5) is 5.69 Å². The highest BCUT2D eigenvalue weighted by atomic mass is 127. The highest BCUT2D eigenvalue weighted by molar-refractivity contribution is 14.1. The molecule has 2 atom stereocenters. The van der Waals surface area contributed by atoms with Gasteiger partial charge in [-0.15, -0.1) is 0 Å². The Labute approximate surface area is 134 Å². The van der Waals surface area contributed by atoms with Crippen molar-refractivity contribution in [3.05, 3.63) is 27.8 Å². The number of nitrogens with zero attached hydrogens (tertiary/aromatic N) is 1. The fourth-order valence-corrected chi connectivity index (χ4v) is 3.27. The number of para-hydroxylation sites is 1. The number of benzene rings is 1. The number of nitrogens with two attached hydrogens (primary N) is 1. The van der Waals surface area contributed by atoms with Gasteiger partial charge in [-0.3, -0.25) is 9.69 Å². The summed E-state index contributed by atoms with van der Waals surface area (Å²) >= 11 is 2.23. The molecule has 1 amide bonds. The molecular formula is C15H22IN3O. The second-order valence-electron chi connectivity index (χ2n) is 5.42. The van der Waals surface area contributed by atoms with Crippen LogP contribution in [-0.4, -0.2) is 36.0 Å². The number of hydrogen-bond acceptors (Lipinski definition) is 3. The fraction of sp³-hybridized carbons (Fsp3) is 0.533. The van der Waals surface area contributed by atoms with Crippen LogP contribution in [0.15, 0.2) is 24.3 Å². The van der Waals surface area contributed by atoms with Gasteiger partial charge in [-0.25, -0.2) is 0 Å². The molecule has 4 nitrogen and oxygen atoms in total. The third kappa shape index (κ3) is 4.17. The lowest BCUT2D eigenvalue weighted by molar-refractivity contribution is -0.118. The molecule has 1 heterocycles. The summed E-state index contributed by atoms with van der Waals surface area (Å²) in [6, 6.07) is 8.25. The number of halogens is 1. The van der Waals surface area contributed by atoms with E-state index >= 15 is 0 Å². The molecule has 1 fully saturated rings. The number of carbonyl (C=O) groups is 1. The van der Waals surface area contributed by atoms with Gasteiger partial charge >= 0.3 is 0 Å². The molecule has 1 aliphatic rings. The van der Waals surface area contributed by atoms with E-state index in [0.29, 0.717) is 12.6 Å². The first-order valence-corrected chi connectivity index (χ1v) is 8.20. The second kappa shape index (κ2) is 7.38. The van der Waals surface area contributed by atoms with Gasteiger partial charge in [0, 0.05) is 15.7 Å². The van der Waals surface area contributed by atoms with Crippen molar-refractivity contribution in [2.75, 3.05) is 18.4 Å². The van der Waals surface area contributed by atoms with E-state index in [1.54, 1.807) is 0 Å². The molecule has 1 saturated heterocycles. The molecule has 0 saturated carbocycles. The average molecular weight is 387 g/mol. The number of likely N-dealkylation sites (tertiary alicyclic amines) is 1. The smallest absolute Gasteiger partial charge is 0.238 e. The van der Waals surface area contributed by atoms with Crippen LogP contribution < -0.4 is 11.1 Å². The topological polar surface area (TPSA) is 58.4 Å². The number of rotatable bonds is 4. The number of nitrogens with one attached hydrogen (secondary N) is 1. The molecule has 1 aromatic rings. The van der Waals surface area contributed by atoms with Gasteiger partial charge in [0.2, 0.25) is 5.91 Å². The van der Waals surface area contributed by atoms with E-state index < -0.39 is 0 Å². The van der Waals surface area contributed by atoms with E-state index in [0.717, 1.165) is 28.6 Å². The second-order valence-corrected chi connectivity index (χ2v) is 6.58. The van der Waals surface area contributed by atoms with Gasteiger partial charge in [-0.2, -0.15) is 0 Å². The molecule has 5 heteroatoms. The summed E-state index contributed by atoms with van der Waals surface area (Å²) in [4.78, 5) is 14.4. The van der Waals surface area contributed by atoms with E-state index in [9.17, 15) is 4.79 Å². The summed E-state index contributed by atoms with van der Waals surface area (Å²) in [6.45, 7) is 3.42. The Morgan fingerprint density at radius 3 is 2.95 bits per heavy atom. The van der Waals surface area contributed by atoms with Gasteiger partial charge in [0.05, 0.1) is 12.2 Å². The lowest BCUT2D eigenvalue weighted by Gasteiger charge is -2.37. The first-order chi connectivity index (χ1) is 9.58. The Morgan fingerprint density at radius 1 is 1.50 bits per heavy atom. The third-order valence-corrected chi connectivity index (χ3v) is 4.71.